The van der Waals surface area contributed by atoms with E-state index in [1.165, 1.54) is 0 Å². The van der Waals surface area contributed by atoms with Gasteiger partial charge >= 0.3 is 0 Å². The van der Waals surface area contributed by atoms with Gasteiger partial charge < -0.3 is 5.11 Å². The minimum Gasteiger partial charge on any atom is -0.383 e. The largest absolute Gasteiger partial charge is 0.383 e. The van der Waals surface area contributed by atoms with E-state index in [1.807, 2.05) is 30.3 Å². The maximum atomic E-state index is 10.9. The zero-order valence-electron chi connectivity index (χ0n) is 10.8. The molecule has 1 atom stereocenters. The van der Waals surface area contributed by atoms with Crippen LogP contribution in [0.15, 0.2) is 42.7 Å². The number of benzene rings is 1. The highest BCUT2D eigenvalue weighted by Crippen LogP contribution is 2.30. The zero-order valence-corrected chi connectivity index (χ0v) is 10.8. The molecule has 0 aliphatic carbocycles. The van der Waals surface area contributed by atoms with E-state index >= 15 is 0 Å². The van der Waals surface area contributed by atoms with Crippen molar-refractivity contribution in [2.45, 2.75) is 32.4 Å². The summed E-state index contributed by atoms with van der Waals surface area (Å²) in [5.41, 5.74) is 0.0255. The van der Waals surface area contributed by atoms with Crippen LogP contribution < -0.4 is 0 Å². The van der Waals surface area contributed by atoms with Gasteiger partial charge in [0.2, 0.25) is 0 Å². The second-order valence-electron chi connectivity index (χ2n) is 5.10. The van der Waals surface area contributed by atoms with Crippen molar-refractivity contribution >= 4 is 0 Å². The van der Waals surface area contributed by atoms with Gasteiger partial charge in [0.1, 0.15) is 5.60 Å². The van der Waals surface area contributed by atoms with E-state index in [4.69, 9.17) is 0 Å². The van der Waals surface area contributed by atoms with Crippen LogP contribution in [-0.2, 0) is 12.1 Å². The van der Waals surface area contributed by atoms with Crippen LogP contribution in [0.3, 0.4) is 0 Å². The third-order valence-corrected chi connectivity index (χ3v) is 2.95. The van der Waals surface area contributed by atoms with Crippen LogP contribution in [0.25, 0.3) is 0 Å². The highest BCUT2D eigenvalue weighted by Gasteiger charge is 2.31. The van der Waals surface area contributed by atoms with E-state index in [1.54, 1.807) is 17.1 Å². The van der Waals surface area contributed by atoms with Crippen LogP contribution in [0.1, 0.15) is 25.8 Å². The lowest BCUT2D eigenvalue weighted by molar-refractivity contribution is -0.00531. The topological polar surface area (TPSA) is 50.9 Å². The summed E-state index contributed by atoms with van der Waals surface area (Å²) in [6.07, 6.45) is 4.09. The number of nitrogens with zero attached hydrogens (tertiary/aromatic N) is 3. The van der Waals surface area contributed by atoms with Gasteiger partial charge in [-0.3, -0.25) is 0 Å². The molecule has 4 nitrogen and oxygen atoms in total. The van der Waals surface area contributed by atoms with Crippen LogP contribution in [-0.4, -0.2) is 20.1 Å². The minimum atomic E-state index is -0.900. The van der Waals surface area contributed by atoms with Gasteiger partial charge in [-0.2, -0.15) is 0 Å². The average molecular weight is 245 g/mol. The van der Waals surface area contributed by atoms with Crippen LogP contribution in [0.5, 0.6) is 0 Å². The average Bonchev–Trinajstić information content (AvgIpc) is 2.81. The molecule has 0 bridgehead atoms. The number of aromatic nitrogens is 3. The molecule has 4 heteroatoms. The molecule has 0 saturated carbocycles. The van der Waals surface area contributed by atoms with E-state index in [0.29, 0.717) is 18.9 Å². The molecule has 0 aliphatic rings. The Morgan fingerprint density at radius 2 is 2.00 bits per heavy atom. The number of aliphatic hydroxyl groups is 1. The molecule has 2 rings (SSSR count). The Hall–Kier alpha value is -1.68. The van der Waals surface area contributed by atoms with Gasteiger partial charge in [-0.15, -0.1) is 5.10 Å². The SMILES string of the molecule is CC(C)CC(O)(Cn1ccnn1)c1ccccc1. The predicted molar refractivity (Wildman–Crippen MR) is 69.8 cm³/mol. The lowest BCUT2D eigenvalue weighted by atomic mass is 9.85. The Bertz CT molecular complexity index is 467. The first-order valence-corrected chi connectivity index (χ1v) is 6.22. The lowest BCUT2D eigenvalue weighted by Gasteiger charge is -2.30. The summed E-state index contributed by atoms with van der Waals surface area (Å²) in [6.45, 7) is 4.64. The molecule has 18 heavy (non-hydrogen) atoms. The molecule has 1 N–H and O–H groups in total. The van der Waals surface area contributed by atoms with E-state index in [0.717, 1.165) is 5.56 Å². The quantitative estimate of drug-likeness (QED) is 0.878. The van der Waals surface area contributed by atoms with E-state index < -0.39 is 5.60 Å². The summed E-state index contributed by atoms with van der Waals surface area (Å²) in [6, 6.07) is 9.76. The Labute approximate surface area is 107 Å². The second kappa shape index (κ2) is 5.31. The van der Waals surface area contributed by atoms with Gasteiger partial charge in [0, 0.05) is 6.20 Å². The van der Waals surface area contributed by atoms with Crippen molar-refractivity contribution in [2.24, 2.45) is 5.92 Å². The summed E-state index contributed by atoms with van der Waals surface area (Å²) >= 11 is 0. The van der Waals surface area contributed by atoms with Gasteiger partial charge in [-0.1, -0.05) is 49.4 Å². The molecule has 0 fully saturated rings. The van der Waals surface area contributed by atoms with Gasteiger partial charge in [-0.05, 0) is 17.9 Å². The summed E-state index contributed by atoms with van der Waals surface area (Å²) in [7, 11) is 0. The van der Waals surface area contributed by atoms with Gasteiger partial charge in [-0.25, -0.2) is 4.68 Å². The molecular formula is C14H19N3O. The third kappa shape index (κ3) is 2.96. The van der Waals surface area contributed by atoms with Crippen molar-refractivity contribution in [3.05, 3.63) is 48.3 Å². The molecule has 0 radical (unpaired) electrons. The molecule has 1 heterocycles. The van der Waals surface area contributed by atoms with Crippen LogP contribution in [0.2, 0.25) is 0 Å². The predicted octanol–water partition coefficient (Wildman–Crippen LogP) is 2.21. The summed E-state index contributed by atoms with van der Waals surface area (Å²) in [4.78, 5) is 0. The Morgan fingerprint density at radius 3 is 2.56 bits per heavy atom. The Balaban J connectivity index is 2.28. The normalized spacial score (nSPS) is 14.7. The van der Waals surface area contributed by atoms with E-state index in [9.17, 15) is 5.11 Å². The molecule has 0 aliphatic heterocycles. The first-order chi connectivity index (χ1) is 8.60. The summed E-state index contributed by atoms with van der Waals surface area (Å²) < 4.78 is 1.68. The maximum absolute atomic E-state index is 10.9. The minimum absolute atomic E-state index is 0.402. The monoisotopic (exact) mass is 245 g/mol. The zero-order chi connectivity index (χ0) is 13.0. The van der Waals surface area contributed by atoms with Crippen molar-refractivity contribution in [2.75, 3.05) is 0 Å². The smallest absolute Gasteiger partial charge is 0.109 e. The summed E-state index contributed by atoms with van der Waals surface area (Å²) in [5, 5.41) is 18.7. The lowest BCUT2D eigenvalue weighted by Crippen LogP contribution is -2.33. The number of hydrogen-bond donors (Lipinski definition) is 1. The molecule has 1 aromatic heterocycles. The maximum Gasteiger partial charge on any atom is 0.109 e. The summed E-state index contributed by atoms with van der Waals surface area (Å²) in [5.74, 6) is 0.402. The highest BCUT2D eigenvalue weighted by atomic mass is 16.3. The van der Waals surface area contributed by atoms with E-state index in [2.05, 4.69) is 24.2 Å². The van der Waals surface area contributed by atoms with Crippen molar-refractivity contribution in [3.63, 3.8) is 0 Å². The molecule has 0 amide bonds. The second-order valence-corrected chi connectivity index (χ2v) is 5.10. The third-order valence-electron chi connectivity index (χ3n) is 2.95. The van der Waals surface area contributed by atoms with Crippen molar-refractivity contribution in [3.8, 4) is 0 Å². The van der Waals surface area contributed by atoms with Crippen LogP contribution in [0, 0.1) is 5.92 Å². The first-order valence-electron chi connectivity index (χ1n) is 6.22. The fourth-order valence-corrected chi connectivity index (χ4v) is 2.28. The number of hydrogen-bond acceptors (Lipinski definition) is 3. The highest BCUT2D eigenvalue weighted by molar-refractivity contribution is 5.22. The van der Waals surface area contributed by atoms with Crippen LogP contribution in [0.4, 0.5) is 0 Å². The molecule has 0 saturated heterocycles. The van der Waals surface area contributed by atoms with E-state index in [-0.39, 0.29) is 0 Å². The van der Waals surface area contributed by atoms with Crippen molar-refractivity contribution < 1.29 is 5.11 Å². The molecule has 1 unspecified atom stereocenters. The molecular weight excluding hydrogens is 226 g/mol. The molecule has 1 aromatic carbocycles. The molecule has 96 valence electrons. The number of rotatable bonds is 5. The Morgan fingerprint density at radius 1 is 1.28 bits per heavy atom. The molecule has 2 aromatic rings. The van der Waals surface area contributed by atoms with Crippen LogP contribution >= 0.6 is 0 Å². The fraction of sp³-hybridized carbons (Fsp3) is 0.429. The van der Waals surface area contributed by atoms with Gasteiger partial charge in [0.25, 0.3) is 0 Å². The fourth-order valence-electron chi connectivity index (χ4n) is 2.28. The Kier molecular flexibility index (Phi) is 3.77. The van der Waals surface area contributed by atoms with Crippen molar-refractivity contribution in [1.82, 2.24) is 15.0 Å². The molecule has 0 spiro atoms. The van der Waals surface area contributed by atoms with Crippen molar-refractivity contribution in [1.29, 1.82) is 0 Å². The first kappa shape index (κ1) is 12.8. The van der Waals surface area contributed by atoms with Gasteiger partial charge in [0.15, 0.2) is 0 Å². The standard InChI is InChI=1S/C14H19N3O/c1-12(2)10-14(18,11-17-9-8-15-16-17)13-6-4-3-5-7-13/h3-9,12,18H,10-11H2,1-2H3. The van der Waals surface area contributed by atoms with Gasteiger partial charge in [0.05, 0.1) is 12.7 Å².